The molecule has 4 nitrogen and oxygen atoms in total. The van der Waals surface area contributed by atoms with Crippen LogP contribution in [0.2, 0.25) is 0 Å². The van der Waals surface area contributed by atoms with Crippen LogP contribution in [0.25, 0.3) is 0 Å². The minimum atomic E-state index is -0.314. The molecule has 0 spiro atoms. The highest BCUT2D eigenvalue weighted by Gasteiger charge is 2.18. The number of likely N-dealkylation sites (N-methyl/N-ethyl adjacent to an activating group) is 1. The molecule has 0 radical (unpaired) electrons. The van der Waals surface area contributed by atoms with Crippen LogP contribution in [0.15, 0.2) is 24.3 Å². The van der Waals surface area contributed by atoms with Crippen molar-refractivity contribution >= 4 is 18.5 Å². The first-order chi connectivity index (χ1) is 8.72. The first-order valence-corrected chi connectivity index (χ1v) is 5.90. The van der Waals surface area contributed by atoms with Crippen molar-refractivity contribution in [3.8, 4) is 0 Å². The maximum Gasteiger partial charge on any atom is 0.227 e. The Morgan fingerprint density at radius 1 is 1.22 bits per heavy atom. The van der Waals surface area contributed by atoms with Gasteiger partial charge in [0.25, 0.3) is 0 Å². The van der Waals surface area contributed by atoms with Gasteiger partial charge in [-0.2, -0.15) is 0 Å². The molecule has 0 saturated carbocycles. The molecule has 0 aliphatic carbocycles. The van der Waals surface area contributed by atoms with Gasteiger partial charge in [0.05, 0.1) is 5.92 Å². The molecule has 1 N–H and O–H groups in total. The Morgan fingerprint density at radius 3 is 2.39 bits per heavy atom. The van der Waals surface area contributed by atoms with Crippen LogP contribution in [-0.4, -0.2) is 25.5 Å². The van der Waals surface area contributed by atoms with Crippen LogP contribution in [0.3, 0.4) is 0 Å². The third kappa shape index (κ3) is 3.80. The van der Waals surface area contributed by atoms with E-state index in [-0.39, 0.29) is 11.8 Å². The van der Waals surface area contributed by atoms with Crippen molar-refractivity contribution in [1.82, 2.24) is 5.32 Å². The van der Waals surface area contributed by atoms with Crippen molar-refractivity contribution in [2.45, 2.75) is 25.2 Å². The second-order valence-corrected chi connectivity index (χ2v) is 4.02. The summed E-state index contributed by atoms with van der Waals surface area (Å²) in [4.78, 5) is 32.6. The molecular formula is C14H17NO3. The minimum absolute atomic E-state index is 0.0972. The van der Waals surface area contributed by atoms with E-state index in [4.69, 9.17) is 0 Å². The lowest BCUT2D eigenvalue weighted by Crippen LogP contribution is -2.25. The van der Waals surface area contributed by atoms with Crippen LogP contribution in [-0.2, 0) is 20.8 Å². The predicted molar refractivity (Wildman–Crippen MR) is 68.3 cm³/mol. The van der Waals surface area contributed by atoms with Crippen molar-refractivity contribution in [3.05, 3.63) is 35.4 Å². The zero-order valence-corrected chi connectivity index (χ0v) is 10.4. The van der Waals surface area contributed by atoms with E-state index in [1.807, 2.05) is 24.3 Å². The van der Waals surface area contributed by atoms with Crippen LogP contribution in [0, 0.1) is 0 Å². The summed E-state index contributed by atoms with van der Waals surface area (Å²) in [7, 11) is 1.58. The molecular weight excluding hydrogens is 230 g/mol. The molecule has 0 saturated heterocycles. The lowest BCUT2D eigenvalue weighted by molar-refractivity contribution is -0.122. The van der Waals surface area contributed by atoms with Gasteiger partial charge in [0.2, 0.25) is 5.91 Å². The summed E-state index contributed by atoms with van der Waals surface area (Å²) in [5, 5.41) is 2.60. The van der Waals surface area contributed by atoms with E-state index in [9.17, 15) is 14.4 Å². The molecule has 0 fully saturated rings. The monoisotopic (exact) mass is 247 g/mol. The summed E-state index contributed by atoms with van der Waals surface area (Å²) in [5.74, 6) is -0.412. The molecule has 1 unspecified atom stereocenters. The van der Waals surface area contributed by atoms with Crippen LogP contribution in [0.5, 0.6) is 0 Å². The maximum atomic E-state index is 11.7. The van der Waals surface area contributed by atoms with Crippen molar-refractivity contribution in [2.75, 3.05) is 7.05 Å². The minimum Gasteiger partial charge on any atom is -0.359 e. The molecule has 0 bridgehead atoms. The van der Waals surface area contributed by atoms with Crippen LogP contribution < -0.4 is 5.32 Å². The fraction of sp³-hybridized carbons (Fsp3) is 0.357. The Hall–Kier alpha value is -1.97. The summed E-state index contributed by atoms with van der Waals surface area (Å²) in [5.41, 5.74) is 1.78. The smallest absolute Gasteiger partial charge is 0.227 e. The average molecular weight is 247 g/mol. The molecule has 1 aromatic rings. The number of benzene rings is 1. The predicted octanol–water partition coefficient (Wildman–Crippen LogP) is 1.24. The lowest BCUT2D eigenvalue weighted by atomic mass is 9.92. The average Bonchev–Trinajstić information content (AvgIpc) is 2.41. The van der Waals surface area contributed by atoms with Gasteiger partial charge < -0.3 is 14.9 Å². The first kappa shape index (κ1) is 14.1. The second-order valence-electron chi connectivity index (χ2n) is 4.02. The summed E-state index contributed by atoms with van der Waals surface area (Å²) in [6.07, 6.45) is 2.89. The number of carbonyl (C=O) groups is 3. The Balaban J connectivity index is 2.86. The highest BCUT2D eigenvalue weighted by Crippen LogP contribution is 2.21. The molecule has 1 amide bonds. The van der Waals surface area contributed by atoms with Gasteiger partial charge in [0.15, 0.2) is 0 Å². The number of nitrogens with one attached hydrogen (secondary N) is 1. The van der Waals surface area contributed by atoms with Gasteiger partial charge in [-0.05, 0) is 17.5 Å². The molecule has 1 aromatic carbocycles. The molecule has 0 heterocycles. The van der Waals surface area contributed by atoms with Gasteiger partial charge in [-0.3, -0.25) is 4.79 Å². The standard InChI is InChI=1S/C14H17NO3/c1-15-14(18)13(3-2-9-16)12-6-4-11(5-7-12)8-10-17/h4-7,9-10,13H,2-3,8H2,1H3,(H,15,18). The Bertz CT molecular complexity index is 412. The zero-order valence-electron chi connectivity index (χ0n) is 10.4. The number of amides is 1. The van der Waals surface area contributed by atoms with E-state index < -0.39 is 0 Å². The lowest BCUT2D eigenvalue weighted by Gasteiger charge is -2.14. The third-order valence-corrected chi connectivity index (χ3v) is 2.84. The van der Waals surface area contributed by atoms with E-state index in [0.717, 1.165) is 23.7 Å². The fourth-order valence-corrected chi connectivity index (χ4v) is 1.84. The van der Waals surface area contributed by atoms with Crippen LogP contribution in [0.1, 0.15) is 29.9 Å². The van der Waals surface area contributed by atoms with E-state index in [1.165, 1.54) is 0 Å². The van der Waals surface area contributed by atoms with E-state index >= 15 is 0 Å². The van der Waals surface area contributed by atoms with Crippen molar-refractivity contribution < 1.29 is 14.4 Å². The molecule has 1 atom stereocenters. The highest BCUT2D eigenvalue weighted by atomic mass is 16.1. The topological polar surface area (TPSA) is 63.2 Å². The summed E-state index contributed by atoms with van der Waals surface area (Å²) in [6.45, 7) is 0. The summed E-state index contributed by atoms with van der Waals surface area (Å²) >= 11 is 0. The third-order valence-electron chi connectivity index (χ3n) is 2.84. The molecule has 96 valence electrons. The highest BCUT2D eigenvalue weighted by molar-refractivity contribution is 5.83. The Labute approximate surface area is 106 Å². The summed E-state index contributed by atoms with van der Waals surface area (Å²) in [6, 6.07) is 7.34. The quantitative estimate of drug-likeness (QED) is 0.737. The number of hydrogen-bond donors (Lipinski definition) is 1. The van der Waals surface area contributed by atoms with E-state index in [2.05, 4.69) is 5.32 Å². The van der Waals surface area contributed by atoms with Gasteiger partial charge in [0.1, 0.15) is 12.6 Å². The van der Waals surface area contributed by atoms with E-state index in [1.54, 1.807) is 7.05 Å². The fourth-order valence-electron chi connectivity index (χ4n) is 1.84. The maximum absolute atomic E-state index is 11.7. The van der Waals surface area contributed by atoms with Gasteiger partial charge in [-0.15, -0.1) is 0 Å². The molecule has 0 aliphatic heterocycles. The van der Waals surface area contributed by atoms with Gasteiger partial charge in [-0.1, -0.05) is 24.3 Å². The van der Waals surface area contributed by atoms with Crippen molar-refractivity contribution in [2.24, 2.45) is 0 Å². The number of rotatable bonds is 7. The first-order valence-electron chi connectivity index (χ1n) is 5.90. The number of hydrogen-bond acceptors (Lipinski definition) is 3. The molecule has 18 heavy (non-hydrogen) atoms. The Morgan fingerprint density at radius 2 is 1.89 bits per heavy atom. The van der Waals surface area contributed by atoms with Gasteiger partial charge >= 0.3 is 0 Å². The largest absolute Gasteiger partial charge is 0.359 e. The van der Waals surface area contributed by atoms with Crippen molar-refractivity contribution in [3.63, 3.8) is 0 Å². The second kappa shape index (κ2) is 7.37. The van der Waals surface area contributed by atoms with Crippen LogP contribution >= 0.6 is 0 Å². The molecule has 1 rings (SSSR count). The van der Waals surface area contributed by atoms with Crippen LogP contribution in [0.4, 0.5) is 0 Å². The number of aldehydes is 2. The molecule has 4 heteroatoms. The molecule has 0 aliphatic rings. The number of carbonyl (C=O) groups excluding carboxylic acids is 3. The van der Waals surface area contributed by atoms with Gasteiger partial charge in [0, 0.05) is 19.9 Å². The SMILES string of the molecule is CNC(=O)C(CCC=O)c1ccc(CC=O)cc1. The zero-order chi connectivity index (χ0) is 13.4. The van der Waals surface area contributed by atoms with Gasteiger partial charge in [-0.25, -0.2) is 0 Å². The Kier molecular flexibility index (Phi) is 5.77. The summed E-state index contributed by atoms with van der Waals surface area (Å²) < 4.78 is 0. The normalized spacial score (nSPS) is 11.6. The molecule has 0 aromatic heterocycles. The van der Waals surface area contributed by atoms with Crippen molar-refractivity contribution in [1.29, 1.82) is 0 Å². The van der Waals surface area contributed by atoms with E-state index in [0.29, 0.717) is 19.3 Å².